The minimum absolute atomic E-state index is 0.0603. The van der Waals surface area contributed by atoms with Crippen LogP contribution in [0.1, 0.15) is 21.7 Å². The van der Waals surface area contributed by atoms with E-state index < -0.39 is 11.7 Å². The second-order valence-electron chi connectivity index (χ2n) is 5.44. The Morgan fingerprint density at radius 2 is 1.83 bits per heavy atom. The van der Waals surface area contributed by atoms with Crippen LogP contribution >= 0.6 is 0 Å². The first-order valence-corrected chi connectivity index (χ1v) is 7.80. The molecule has 4 nitrogen and oxygen atoms in total. The summed E-state index contributed by atoms with van der Waals surface area (Å²) in [5, 5.41) is 2.74. The van der Waals surface area contributed by atoms with Crippen LogP contribution in [-0.4, -0.2) is 22.0 Å². The van der Waals surface area contributed by atoms with E-state index in [2.05, 4.69) is 22.4 Å². The molecule has 0 unspecified atom stereocenters. The highest BCUT2D eigenvalue weighted by molar-refractivity contribution is 5.94. The maximum Gasteiger partial charge on any atom is 0.254 e. The standard InChI is InChI=1S/C19H18FN3O/c20-17-9-5-4-8-16(17)19(24)22-11-10-18-21-12-13-23(18)14-15-6-2-1-3-7-15/h1-9,12-13H,10-11,14H2,(H,22,24). The van der Waals surface area contributed by atoms with Crippen molar-refractivity contribution < 1.29 is 9.18 Å². The minimum Gasteiger partial charge on any atom is -0.351 e. The van der Waals surface area contributed by atoms with Crippen molar-refractivity contribution in [3.63, 3.8) is 0 Å². The van der Waals surface area contributed by atoms with Gasteiger partial charge in [0.2, 0.25) is 0 Å². The quantitative estimate of drug-likeness (QED) is 0.758. The van der Waals surface area contributed by atoms with Gasteiger partial charge in [0.05, 0.1) is 5.56 Å². The molecular formula is C19H18FN3O. The molecular weight excluding hydrogens is 305 g/mol. The number of carbonyl (C=O) groups excluding carboxylic acids is 1. The van der Waals surface area contributed by atoms with Crippen LogP contribution in [0.5, 0.6) is 0 Å². The lowest BCUT2D eigenvalue weighted by molar-refractivity contribution is 0.0950. The fourth-order valence-corrected chi connectivity index (χ4v) is 2.52. The van der Waals surface area contributed by atoms with Gasteiger partial charge in [-0.1, -0.05) is 42.5 Å². The zero-order valence-corrected chi connectivity index (χ0v) is 13.2. The lowest BCUT2D eigenvalue weighted by Gasteiger charge is -2.09. The van der Waals surface area contributed by atoms with Crippen LogP contribution in [0.4, 0.5) is 4.39 Å². The van der Waals surface area contributed by atoms with Crippen molar-refractivity contribution >= 4 is 5.91 Å². The van der Waals surface area contributed by atoms with E-state index in [1.165, 1.54) is 17.7 Å². The summed E-state index contributed by atoms with van der Waals surface area (Å²) in [6.07, 6.45) is 4.25. The number of rotatable bonds is 6. The van der Waals surface area contributed by atoms with Crippen LogP contribution in [0.2, 0.25) is 0 Å². The number of nitrogens with zero attached hydrogens (tertiary/aromatic N) is 2. The largest absolute Gasteiger partial charge is 0.351 e. The Balaban J connectivity index is 1.57. The molecule has 1 heterocycles. The number of imidazole rings is 1. The third-order valence-electron chi connectivity index (χ3n) is 3.75. The zero-order chi connectivity index (χ0) is 16.8. The monoisotopic (exact) mass is 323 g/mol. The molecule has 24 heavy (non-hydrogen) atoms. The van der Waals surface area contributed by atoms with Gasteiger partial charge in [-0.2, -0.15) is 0 Å². The van der Waals surface area contributed by atoms with E-state index in [4.69, 9.17) is 0 Å². The Labute approximate surface area is 140 Å². The van der Waals surface area contributed by atoms with Crippen LogP contribution in [-0.2, 0) is 13.0 Å². The third-order valence-corrected chi connectivity index (χ3v) is 3.75. The number of hydrogen-bond acceptors (Lipinski definition) is 2. The number of aromatic nitrogens is 2. The molecule has 1 aromatic heterocycles. The van der Waals surface area contributed by atoms with E-state index >= 15 is 0 Å². The molecule has 0 radical (unpaired) electrons. The highest BCUT2D eigenvalue weighted by Crippen LogP contribution is 2.07. The van der Waals surface area contributed by atoms with E-state index in [0.29, 0.717) is 13.0 Å². The number of carbonyl (C=O) groups is 1. The summed E-state index contributed by atoms with van der Waals surface area (Å²) in [6, 6.07) is 16.1. The molecule has 0 aliphatic heterocycles. The number of amides is 1. The zero-order valence-electron chi connectivity index (χ0n) is 13.2. The molecule has 0 atom stereocenters. The first-order chi connectivity index (χ1) is 11.7. The summed E-state index contributed by atoms with van der Waals surface area (Å²) in [5.74, 6) is -0.0393. The van der Waals surface area contributed by atoms with Crippen LogP contribution < -0.4 is 5.32 Å². The van der Waals surface area contributed by atoms with Crippen molar-refractivity contribution in [1.29, 1.82) is 0 Å². The molecule has 122 valence electrons. The van der Waals surface area contributed by atoms with Gasteiger partial charge in [0.1, 0.15) is 11.6 Å². The van der Waals surface area contributed by atoms with Crippen LogP contribution in [0.3, 0.4) is 0 Å². The summed E-state index contributed by atoms with van der Waals surface area (Å²) in [5.41, 5.74) is 1.25. The van der Waals surface area contributed by atoms with E-state index in [-0.39, 0.29) is 5.56 Å². The number of hydrogen-bond donors (Lipinski definition) is 1. The average Bonchev–Trinajstić information content (AvgIpc) is 3.03. The molecule has 3 rings (SSSR count). The molecule has 2 aromatic carbocycles. The number of nitrogens with one attached hydrogen (secondary N) is 1. The number of benzene rings is 2. The summed E-state index contributed by atoms with van der Waals surface area (Å²) in [6.45, 7) is 1.14. The van der Waals surface area contributed by atoms with Gasteiger partial charge in [-0.05, 0) is 17.7 Å². The van der Waals surface area contributed by atoms with Gasteiger partial charge >= 0.3 is 0 Å². The Hall–Kier alpha value is -2.95. The summed E-state index contributed by atoms with van der Waals surface area (Å²) in [4.78, 5) is 16.3. The Morgan fingerprint density at radius 1 is 1.08 bits per heavy atom. The van der Waals surface area contributed by atoms with Gasteiger partial charge in [-0.15, -0.1) is 0 Å². The molecule has 0 aliphatic carbocycles. The van der Waals surface area contributed by atoms with E-state index in [0.717, 1.165) is 12.4 Å². The summed E-state index contributed by atoms with van der Waals surface area (Å²) < 4.78 is 15.6. The van der Waals surface area contributed by atoms with Crippen molar-refractivity contribution in [2.45, 2.75) is 13.0 Å². The summed E-state index contributed by atoms with van der Waals surface area (Å²) >= 11 is 0. The normalized spacial score (nSPS) is 10.5. The van der Waals surface area contributed by atoms with Gasteiger partial charge in [0, 0.05) is 31.9 Å². The van der Waals surface area contributed by atoms with Crippen molar-refractivity contribution in [2.24, 2.45) is 0 Å². The molecule has 0 saturated carbocycles. The molecule has 0 spiro atoms. The molecule has 3 aromatic rings. The highest BCUT2D eigenvalue weighted by atomic mass is 19.1. The molecule has 0 fully saturated rings. The fourth-order valence-electron chi connectivity index (χ4n) is 2.52. The highest BCUT2D eigenvalue weighted by Gasteiger charge is 2.10. The maximum absolute atomic E-state index is 13.6. The predicted octanol–water partition coefficient (Wildman–Crippen LogP) is 3.04. The molecule has 0 aliphatic rings. The third kappa shape index (κ3) is 3.87. The lowest BCUT2D eigenvalue weighted by atomic mass is 10.2. The molecule has 0 bridgehead atoms. The van der Waals surface area contributed by atoms with Gasteiger partial charge < -0.3 is 9.88 Å². The van der Waals surface area contributed by atoms with Crippen LogP contribution in [0.15, 0.2) is 67.0 Å². The van der Waals surface area contributed by atoms with E-state index in [9.17, 15) is 9.18 Å². The van der Waals surface area contributed by atoms with Crippen LogP contribution in [0, 0.1) is 5.82 Å². The predicted molar refractivity (Wildman–Crippen MR) is 90.2 cm³/mol. The van der Waals surface area contributed by atoms with Crippen LogP contribution in [0.25, 0.3) is 0 Å². The van der Waals surface area contributed by atoms with E-state index in [1.807, 2.05) is 29.0 Å². The lowest BCUT2D eigenvalue weighted by Crippen LogP contribution is -2.27. The average molecular weight is 323 g/mol. The molecule has 0 saturated heterocycles. The maximum atomic E-state index is 13.6. The van der Waals surface area contributed by atoms with E-state index in [1.54, 1.807) is 18.3 Å². The summed E-state index contributed by atoms with van der Waals surface area (Å²) in [7, 11) is 0. The Kier molecular flexibility index (Phi) is 5.01. The second-order valence-corrected chi connectivity index (χ2v) is 5.44. The Morgan fingerprint density at radius 3 is 2.62 bits per heavy atom. The minimum atomic E-state index is -0.513. The first kappa shape index (κ1) is 15.9. The smallest absolute Gasteiger partial charge is 0.254 e. The molecule has 1 N–H and O–H groups in total. The van der Waals surface area contributed by atoms with Gasteiger partial charge in [0.15, 0.2) is 0 Å². The Bertz CT molecular complexity index is 814. The van der Waals surface area contributed by atoms with Gasteiger partial charge in [-0.25, -0.2) is 9.37 Å². The molecule has 1 amide bonds. The fraction of sp³-hybridized carbons (Fsp3) is 0.158. The SMILES string of the molecule is O=C(NCCc1nccn1Cc1ccccc1)c1ccccc1F. The number of halogens is 1. The van der Waals surface area contributed by atoms with Gasteiger partial charge in [0.25, 0.3) is 5.91 Å². The molecule has 5 heteroatoms. The van der Waals surface area contributed by atoms with Crippen molar-refractivity contribution in [3.05, 3.63) is 89.8 Å². The van der Waals surface area contributed by atoms with Gasteiger partial charge in [-0.3, -0.25) is 4.79 Å². The van der Waals surface area contributed by atoms with Crippen molar-refractivity contribution in [1.82, 2.24) is 14.9 Å². The second kappa shape index (κ2) is 7.55. The topological polar surface area (TPSA) is 46.9 Å². The van der Waals surface area contributed by atoms with Crippen molar-refractivity contribution in [3.8, 4) is 0 Å². The first-order valence-electron chi connectivity index (χ1n) is 7.80. The van der Waals surface area contributed by atoms with Crippen molar-refractivity contribution in [2.75, 3.05) is 6.54 Å².